The maximum absolute atomic E-state index is 13.5. The number of aliphatic hydroxyl groups is 2. The Morgan fingerprint density at radius 3 is 2.33 bits per heavy atom. The SMILES string of the molecule is CN1CC[C@@H](OC(=O)C(O)(c2ccccc2)c2cccc(C(=O)NCCCCNC[C@H](O)c3ccc(O)c4[nH]c(=O)ccc34)c2)C1.O=CO.O=CO. The van der Waals surface area contributed by atoms with Crippen LogP contribution in [0.2, 0.25) is 0 Å². The van der Waals surface area contributed by atoms with Crippen LogP contribution in [-0.2, 0) is 24.7 Å². The van der Waals surface area contributed by atoms with Gasteiger partial charge in [-0.15, -0.1) is 0 Å². The average molecular weight is 721 g/mol. The van der Waals surface area contributed by atoms with Crippen molar-refractivity contribution in [1.29, 1.82) is 0 Å². The first-order valence-electron chi connectivity index (χ1n) is 16.5. The molecule has 1 aliphatic heterocycles. The number of rotatable bonds is 13. The molecule has 15 heteroatoms. The van der Waals surface area contributed by atoms with Crippen LogP contribution in [0.25, 0.3) is 10.9 Å². The molecule has 52 heavy (non-hydrogen) atoms. The summed E-state index contributed by atoms with van der Waals surface area (Å²) in [6.45, 7) is 2.16. The van der Waals surface area contributed by atoms with Gasteiger partial charge in [-0.1, -0.05) is 48.5 Å². The molecule has 3 atom stereocenters. The summed E-state index contributed by atoms with van der Waals surface area (Å²) in [6.07, 6.45) is 0.911. The average Bonchev–Trinajstić information content (AvgIpc) is 3.56. The molecule has 0 bridgehead atoms. The molecule has 1 amide bonds. The zero-order chi connectivity index (χ0) is 38.1. The molecular weight excluding hydrogens is 676 g/mol. The van der Waals surface area contributed by atoms with Gasteiger partial charge in [0.15, 0.2) is 0 Å². The number of unbranched alkanes of at least 4 members (excludes halogenated alkanes) is 1. The molecule has 1 aliphatic rings. The molecule has 0 spiro atoms. The van der Waals surface area contributed by atoms with Crippen molar-refractivity contribution in [1.82, 2.24) is 20.5 Å². The molecular formula is C37H44N4O11. The van der Waals surface area contributed by atoms with E-state index in [9.17, 15) is 29.7 Å². The highest BCUT2D eigenvalue weighted by Gasteiger charge is 2.43. The second-order valence-corrected chi connectivity index (χ2v) is 11.9. The highest BCUT2D eigenvalue weighted by atomic mass is 16.6. The zero-order valence-electron chi connectivity index (χ0n) is 28.6. The Labute approximate surface area is 299 Å². The van der Waals surface area contributed by atoms with Crippen molar-refractivity contribution in [3.63, 3.8) is 0 Å². The highest BCUT2D eigenvalue weighted by Crippen LogP contribution is 2.33. The molecule has 4 aromatic rings. The van der Waals surface area contributed by atoms with Gasteiger partial charge >= 0.3 is 5.97 Å². The molecule has 1 aromatic heterocycles. The molecule has 278 valence electrons. The molecule has 1 fully saturated rings. The topological polar surface area (TPSA) is 239 Å². The maximum Gasteiger partial charge on any atom is 0.348 e. The molecule has 1 unspecified atom stereocenters. The monoisotopic (exact) mass is 720 g/mol. The second-order valence-electron chi connectivity index (χ2n) is 11.9. The van der Waals surface area contributed by atoms with Crippen molar-refractivity contribution in [2.24, 2.45) is 0 Å². The number of ether oxygens (including phenoxy) is 1. The Morgan fingerprint density at radius 1 is 0.981 bits per heavy atom. The summed E-state index contributed by atoms with van der Waals surface area (Å²) in [6, 6.07) is 21.0. The first-order chi connectivity index (χ1) is 25.0. The number of phenolic OH excluding ortho intramolecular Hbond substituents is 1. The van der Waals surface area contributed by atoms with Gasteiger partial charge in [-0.3, -0.25) is 19.2 Å². The van der Waals surface area contributed by atoms with Crippen LogP contribution in [0.3, 0.4) is 0 Å². The predicted octanol–water partition coefficient (Wildman–Crippen LogP) is 1.95. The number of pyridine rings is 1. The number of aliphatic hydroxyl groups excluding tert-OH is 1. The van der Waals surface area contributed by atoms with Gasteiger partial charge in [-0.05, 0) is 68.2 Å². The van der Waals surface area contributed by atoms with E-state index in [0.29, 0.717) is 54.6 Å². The van der Waals surface area contributed by atoms with Crippen molar-refractivity contribution < 1.29 is 49.4 Å². The molecule has 1 saturated heterocycles. The van der Waals surface area contributed by atoms with Crippen LogP contribution in [0.4, 0.5) is 0 Å². The Bertz CT molecular complexity index is 1830. The Balaban J connectivity index is 0.00000114. The van der Waals surface area contributed by atoms with E-state index >= 15 is 0 Å². The fourth-order valence-electron chi connectivity index (χ4n) is 5.77. The fraction of sp³-hybridized carbons (Fsp3) is 0.324. The number of phenols is 1. The van der Waals surface area contributed by atoms with Crippen molar-refractivity contribution in [2.45, 2.75) is 37.1 Å². The van der Waals surface area contributed by atoms with Crippen LogP contribution in [0.15, 0.2) is 83.7 Å². The van der Waals surface area contributed by atoms with Crippen LogP contribution < -0.4 is 16.2 Å². The first kappa shape index (κ1) is 40.8. The van der Waals surface area contributed by atoms with Crippen LogP contribution in [-0.4, -0.2) is 106 Å². The second kappa shape index (κ2) is 20.3. The van der Waals surface area contributed by atoms with Crippen molar-refractivity contribution >= 4 is 35.7 Å². The number of hydrogen-bond acceptors (Lipinski definition) is 11. The van der Waals surface area contributed by atoms with Crippen molar-refractivity contribution in [3.05, 3.63) is 111 Å². The predicted molar refractivity (Wildman–Crippen MR) is 191 cm³/mol. The summed E-state index contributed by atoms with van der Waals surface area (Å²) in [5, 5.41) is 53.1. The third-order valence-corrected chi connectivity index (χ3v) is 8.32. The Hall–Kier alpha value is -5.61. The molecule has 15 nitrogen and oxygen atoms in total. The largest absolute Gasteiger partial charge is 0.506 e. The number of fused-ring (bicyclic) bond motifs is 1. The summed E-state index contributed by atoms with van der Waals surface area (Å²) in [5.41, 5.74) is -0.638. The van der Waals surface area contributed by atoms with E-state index in [-0.39, 0.29) is 53.9 Å². The third-order valence-electron chi connectivity index (χ3n) is 8.32. The zero-order valence-corrected chi connectivity index (χ0v) is 28.6. The normalized spacial score (nSPS) is 15.5. The molecule has 3 aromatic carbocycles. The van der Waals surface area contributed by atoms with E-state index < -0.39 is 17.7 Å². The van der Waals surface area contributed by atoms with E-state index in [0.717, 1.165) is 13.0 Å². The molecule has 0 saturated carbocycles. The van der Waals surface area contributed by atoms with E-state index in [2.05, 4.69) is 20.5 Å². The highest BCUT2D eigenvalue weighted by molar-refractivity contribution is 5.95. The minimum atomic E-state index is -2.08. The van der Waals surface area contributed by atoms with E-state index in [1.807, 2.05) is 7.05 Å². The van der Waals surface area contributed by atoms with Gasteiger partial charge in [-0.2, -0.15) is 0 Å². The summed E-state index contributed by atoms with van der Waals surface area (Å²) < 4.78 is 5.76. The standard InChI is InChI=1S/C35H40N4O7.2CH2O2/c1-39-19-16-26(22-39)46-34(44)35(45,24-9-3-2-4-10-24)25-11-7-8-23(20-25)33(43)37-18-6-5-17-36-21-30(41)27-12-14-29(40)32-28(27)13-15-31(42)38-32;2*2-1-3/h2-4,7-15,20,26,30,36,40-41,45H,5-6,16-19,21-22H2,1H3,(H,37,43)(H,38,42);2*1H,(H,2,3)/t26-,30+,35?;;/m1../s1. The number of benzene rings is 3. The van der Waals surface area contributed by atoms with E-state index in [4.69, 9.17) is 24.5 Å². The number of nitrogens with zero attached hydrogens (tertiary/aromatic N) is 1. The lowest BCUT2D eigenvalue weighted by atomic mass is 9.85. The number of carbonyl (C=O) groups is 4. The molecule has 2 heterocycles. The van der Waals surface area contributed by atoms with E-state index in [1.54, 1.807) is 60.7 Å². The maximum atomic E-state index is 13.5. The molecule has 0 aliphatic carbocycles. The third kappa shape index (κ3) is 10.9. The number of carboxylic acid groups (broad SMARTS) is 2. The lowest BCUT2D eigenvalue weighted by Gasteiger charge is -2.29. The number of aromatic nitrogens is 1. The number of likely N-dealkylation sites (tertiary alicyclic amines) is 1. The fourth-order valence-corrected chi connectivity index (χ4v) is 5.77. The van der Waals surface area contributed by atoms with Gasteiger partial charge in [-0.25, -0.2) is 4.79 Å². The summed E-state index contributed by atoms with van der Waals surface area (Å²) in [5.74, 6) is -1.17. The number of nitrogens with one attached hydrogen (secondary N) is 3. The summed E-state index contributed by atoms with van der Waals surface area (Å²) in [4.78, 5) is 59.5. The van der Waals surface area contributed by atoms with Crippen molar-refractivity contribution in [3.8, 4) is 5.75 Å². The molecule has 5 rings (SSSR count). The molecule has 8 N–H and O–H groups in total. The number of amides is 1. The van der Waals surface area contributed by atoms with Crippen LogP contribution >= 0.6 is 0 Å². The lowest BCUT2D eigenvalue weighted by molar-refractivity contribution is -0.167. The van der Waals surface area contributed by atoms with Crippen LogP contribution in [0.1, 0.15) is 52.4 Å². The van der Waals surface area contributed by atoms with Gasteiger partial charge in [0, 0.05) is 48.8 Å². The number of likely N-dealkylation sites (N-methyl/N-ethyl adjacent to an activating group) is 1. The number of aromatic hydroxyl groups is 1. The number of esters is 1. The summed E-state index contributed by atoms with van der Waals surface area (Å²) >= 11 is 0. The minimum Gasteiger partial charge on any atom is -0.506 e. The Morgan fingerprint density at radius 2 is 1.65 bits per heavy atom. The smallest absolute Gasteiger partial charge is 0.348 e. The minimum absolute atomic E-state index is 0.0627. The summed E-state index contributed by atoms with van der Waals surface area (Å²) in [7, 11) is 1.95. The van der Waals surface area contributed by atoms with Crippen LogP contribution in [0.5, 0.6) is 5.75 Å². The number of carbonyl (C=O) groups excluding carboxylic acids is 2. The van der Waals surface area contributed by atoms with Gasteiger partial charge in [0.1, 0.15) is 11.9 Å². The van der Waals surface area contributed by atoms with Gasteiger partial charge in [0.25, 0.3) is 18.9 Å². The van der Waals surface area contributed by atoms with Gasteiger partial charge < -0.3 is 50.8 Å². The number of hydrogen-bond donors (Lipinski definition) is 8. The van der Waals surface area contributed by atoms with Crippen LogP contribution in [0, 0.1) is 0 Å². The number of aromatic amines is 1. The Kier molecular flexibility index (Phi) is 15.9. The van der Waals surface area contributed by atoms with E-state index in [1.165, 1.54) is 18.2 Å². The molecule has 0 radical (unpaired) electrons. The lowest BCUT2D eigenvalue weighted by Crippen LogP contribution is -2.41. The number of H-pyrrole nitrogens is 1. The van der Waals surface area contributed by atoms with Gasteiger partial charge in [0.05, 0.1) is 11.6 Å². The quantitative estimate of drug-likeness (QED) is 0.0561. The van der Waals surface area contributed by atoms with Crippen molar-refractivity contribution in [2.75, 3.05) is 39.8 Å². The van der Waals surface area contributed by atoms with Gasteiger partial charge in [0.2, 0.25) is 11.2 Å². The first-order valence-corrected chi connectivity index (χ1v) is 16.5.